The topological polar surface area (TPSA) is 50.3 Å². The average molecular weight is 312 g/mol. The van der Waals surface area contributed by atoms with Gasteiger partial charge >= 0.3 is 0 Å². The van der Waals surface area contributed by atoms with Gasteiger partial charge in [0.25, 0.3) is 0 Å². The van der Waals surface area contributed by atoms with Gasteiger partial charge in [0.1, 0.15) is 0 Å². The van der Waals surface area contributed by atoms with Crippen LogP contribution in [0.1, 0.15) is 12.6 Å². The van der Waals surface area contributed by atoms with Crippen LogP contribution in [0.4, 0.5) is 0 Å². The molecule has 0 saturated carbocycles. The minimum atomic E-state index is 0.263. The number of nitrogens with zero attached hydrogens (tertiary/aromatic N) is 3. The summed E-state index contributed by atoms with van der Waals surface area (Å²) < 4.78 is 5.80. The summed E-state index contributed by atoms with van der Waals surface area (Å²) in [5, 5.41) is 3.45. The zero-order valence-corrected chi connectivity index (χ0v) is 13.6. The molecule has 1 fully saturated rings. The molecule has 1 aromatic heterocycles. The number of rotatable bonds is 6. The van der Waals surface area contributed by atoms with Gasteiger partial charge in [-0.1, -0.05) is 37.3 Å². The Morgan fingerprint density at radius 1 is 1.26 bits per heavy atom. The molecule has 1 atom stereocenters. The molecule has 1 aliphatic heterocycles. The van der Waals surface area contributed by atoms with Crippen molar-refractivity contribution in [3.05, 3.63) is 48.3 Å². The zero-order chi connectivity index (χ0) is 15.9. The van der Waals surface area contributed by atoms with Crippen molar-refractivity contribution in [1.82, 2.24) is 20.2 Å². The van der Waals surface area contributed by atoms with E-state index < -0.39 is 0 Å². The Morgan fingerprint density at radius 2 is 2.13 bits per heavy atom. The molecule has 0 radical (unpaired) electrons. The van der Waals surface area contributed by atoms with Crippen LogP contribution in [0.3, 0.4) is 0 Å². The predicted octanol–water partition coefficient (Wildman–Crippen LogP) is 1.95. The van der Waals surface area contributed by atoms with Gasteiger partial charge in [-0.3, -0.25) is 4.90 Å². The molecule has 1 unspecified atom stereocenters. The van der Waals surface area contributed by atoms with Crippen LogP contribution < -0.4 is 5.32 Å². The van der Waals surface area contributed by atoms with Crippen LogP contribution in [0.25, 0.3) is 11.4 Å². The van der Waals surface area contributed by atoms with Crippen molar-refractivity contribution < 1.29 is 4.74 Å². The van der Waals surface area contributed by atoms with Crippen molar-refractivity contribution in [2.75, 3.05) is 32.8 Å². The predicted molar refractivity (Wildman–Crippen MR) is 91.0 cm³/mol. The minimum Gasteiger partial charge on any atom is -0.374 e. The van der Waals surface area contributed by atoms with E-state index in [1.807, 2.05) is 42.6 Å². The maximum atomic E-state index is 5.80. The molecule has 0 spiro atoms. The third kappa shape index (κ3) is 4.58. The fourth-order valence-electron chi connectivity index (χ4n) is 2.77. The number of hydrogen-bond acceptors (Lipinski definition) is 5. The van der Waals surface area contributed by atoms with E-state index in [2.05, 4.69) is 27.1 Å². The van der Waals surface area contributed by atoms with Crippen molar-refractivity contribution in [3.63, 3.8) is 0 Å². The molecule has 0 aliphatic carbocycles. The lowest BCUT2D eigenvalue weighted by molar-refractivity contribution is -0.0254. The number of benzene rings is 1. The van der Waals surface area contributed by atoms with Crippen molar-refractivity contribution in [2.45, 2.75) is 19.6 Å². The first-order valence-electron chi connectivity index (χ1n) is 8.27. The van der Waals surface area contributed by atoms with Crippen molar-refractivity contribution in [2.24, 2.45) is 0 Å². The summed E-state index contributed by atoms with van der Waals surface area (Å²) in [4.78, 5) is 11.4. The number of likely N-dealkylation sites (N-methyl/N-ethyl adjacent to an activating group) is 1. The fraction of sp³-hybridized carbons (Fsp3) is 0.444. The molecule has 2 aromatic rings. The summed E-state index contributed by atoms with van der Waals surface area (Å²) >= 11 is 0. The van der Waals surface area contributed by atoms with Gasteiger partial charge in [0, 0.05) is 37.9 Å². The van der Waals surface area contributed by atoms with E-state index in [0.717, 1.165) is 56.4 Å². The van der Waals surface area contributed by atoms with Crippen LogP contribution in [0.5, 0.6) is 0 Å². The molecule has 23 heavy (non-hydrogen) atoms. The van der Waals surface area contributed by atoms with E-state index in [-0.39, 0.29) is 6.10 Å². The molecule has 1 aromatic carbocycles. The summed E-state index contributed by atoms with van der Waals surface area (Å²) in [5.41, 5.74) is 2.05. The van der Waals surface area contributed by atoms with Gasteiger partial charge < -0.3 is 10.1 Å². The smallest absolute Gasteiger partial charge is 0.159 e. The lowest BCUT2D eigenvalue weighted by Crippen LogP contribution is -2.46. The normalized spacial score (nSPS) is 18.9. The number of ether oxygens (including phenoxy) is 1. The third-order valence-electron chi connectivity index (χ3n) is 4.09. The van der Waals surface area contributed by atoms with Crippen LogP contribution in [0, 0.1) is 0 Å². The Morgan fingerprint density at radius 3 is 2.96 bits per heavy atom. The Kier molecular flexibility index (Phi) is 5.69. The van der Waals surface area contributed by atoms with Crippen molar-refractivity contribution in [1.29, 1.82) is 0 Å². The molecular formula is C18H24N4O. The Hall–Kier alpha value is -1.82. The van der Waals surface area contributed by atoms with E-state index in [1.165, 1.54) is 0 Å². The van der Waals surface area contributed by atoms with Gasteiger partial charge in [0.15, 0.2) is 5.82 Å². The molecule has 0 bridgehead atoms. The highest BCUT2D eigenvalue weighted by Gasteiger charge is 2.18. The van der Waals surface area contributed by atoms with Crippen LogP contribution in [-0.2, 0) is 11.3 Å². The number of hydrogen-bond donors (Lipinski definition) is 1. The van der Waals surface area contributed by atoms with Gasteiger partial charge in [-0.15, -0.1) is 0 Å². The SMILES string of the molecule is CCN1CCOC(CNCc2ccnc(-c3ccccc3)n2)C1. The summed E-state index contributed by atoms with van der Waals surface area (Å²) in [7, 11) is 0. The average Bonchev–Trinajstić information content (AvgIpc) is 2.63. The molecule has 1 aliphatic rings. The standard InChI is InChI=1S/C18H24N4O/c1-2-22-10-11-23-17(14-22)13-19-12-16-8-9-20-18(21-16)15-6-4-3-5-7-15/h3-9,17,19H,2,10-14H2,1H3. The minimum absolute atomic E-state index is 0.263. The first-order chi connectivity index (χ1) is 11.3. The molecule has 2 heterocycles. The van der Waals surface area contributed by atoms with E-state index in [9.17, 15) is 0 Å². The number of morpholine rings is 1. The first kappa shape index (κ1) is 16.1. The lowest BCUT2D eigenvalue weighted by Gasteiger charge is -2.32. The molecule has 3 rings (SSSR count). The summed E-state index contributed by atoms with van der Waals surface area (Å²) in [5.74, 6) is 0.774. The highest BCUT2D eigenvalue weighted by molar-refractivity contribution is 5.54. The molecule has 122 valence electrons. The molecule has 1 saturated heterocycles. The van der Waals surface area contributed by atoms with Gasteiger partial charge in [0.2, 0.25) is 0 Å². The fourth-order valence-corrected chi connectivity index (χ4v) is 2.77. The van der Waals surface area contributed by atoms with Crippen LogP contribution >= 0.6 is 0 Å². The monoisotopic (exact) mass is 312 g/mol. The Balaban J connectivity index is 1.53. The third-order valence-corrected chi connectivity index (χ3v) is 4.09. The number of aromatic nitrogens is 2. The number of nitrogens with one attached hydrogen (secondary N) is 1. The van der Waals surface area contributed by atoms with Crippen LogP contribution in [0.2, 0.25) is 0 Å². The first-order valence-corrected chi connectivity index (χ1v) is 8.27. The molecule has 0 amide bonds. The summed E-state index contributed by atoms with van der Waals surface area (Å²) in [6.45, 7) is 7.73. The lowest BCUT2D eigenvalue weighted by atomic mass is 10.2. The highest BCUT2D eigenvalue weighted by atomic mass is 16.5. The van der Waals surface area contributed by atoms with E-state index in [1.54, 1.807) is 0 Å². The molecule has 5 heteroatoms. The van der Waals surface area contributed by atoms with Crippen molar-refractivity contribution in [3.8, 4) is 11.4 Å². The Labute approximate surface area is 137 Å². The van der Waals surface area contributed by atoms with Gasteiger partial charge in [0.05, 0.1) is 18.4 Å². The maximum Gasteiger partial charge on any atom is 0.159 e. The highest BCUT2D eigenvalue weighted by Crippen LogP contribution is 2.13. The zero-order valence-electron chi connectivity index (χ0n) is 13.6. The van der Waals surface area contributed by atoms with Crippen molar-refractivity contribution >= 4 is 0 Å². The molecule has 1 N–H and O–H groups in total. The largest absolute Gasteiger partial charge is 0.374 e. The van der Waals surface area contributed by atoms with Crippen LogP contribution in [0.15, 0.2) is 42.6 Å². The van der Waals surface area contributed by atoms with Gasteiger partial charge in [-0.2, -0.15) is 0 Å². The van der Waals surface area contributed by atoms with E-state index >= 15 is 0 Å². The van der Waals surface area contributed by atoms with E-state index in [4.69, 9.17) is 4.74 Å². The Bertz CT molecular complexity index is 605. The molecule has 5 nitrogen and oxygen atoms in total. The second-order valence-corrected chi connectivity index (χ2v) is 5.75. The maximum absolute atomic E-state index is 5.80. The van der Waals surface area contributed by atoms with E-state index in [0.29, 0.717) is 0 Å². The summed E-state index contributed by atoms with van der Waals surface area (Å²) in [6.07, 6.45) is 2.08. The molecular weight excluding hydrogens is 288 g/mol. The van der Waals surface area contributed by atoms with Gasteiger partial charge in [-0.25, -0.2) is 9.97 Å². The second-order valence-electron chi connectivity index (χ2n) is 5.75. The van der Waals surface area contributed by atoms with Crippen LogP contribution in [-0.4, -0.2) is 53.8 Å². The summed E-state index contributed by atoms with van der Waals surface area (Å²) in [6, 6.07) is 12.0. The van der Waals surface area contributed by atoms with Gasteiger partial charge in [-0.05, 0) is 12.6 Å². The quantitative estimate of drug-likeness (QED) is 0.883. The second kappa shape index (κ2) is 8.15.